The van der Waals surface area contributed by atoms with Crippen LogP contribution in [0.4, 0.5) is 13.6 Å². The SMILES string of the molecule is COC(=O)C1=C(CO)NC(=O)N(N(C=O)CCCN2CCC(c3ccccn3)CC2)C1c1ccc(F)c(F)c1. The fourth-order valence-corrected chi connectivity index (χ4v) is 5.12. The van der Waals surface area contributed by atoms with E-state index in [1.165, 1.54) is 6.07 Å². The second-order valence-corrected chi connectivity index (χ2v) is 9.39. The van der Waals surface area contributed by atoms with Crippen LogP contribution in [0, 0.1) is 11.6 Å². The summed E-state index contributed by atoms with van der Waals surface area (Å²) >= 11 is 0. The van der Waals surface area contributed by atoms with Crippen LogP contribution >= 0.6 is 0 Å². The van der Waals surface area contributed by atoms with Gasteiger partial charge in [0.25, 0.3) is 0 Å². The fourth-order valence-electron chi connectivity index (χ4n) is 5.12. The molecule has 3 amide bonds. The third-order valence-corrected chi connectivity index (χ3v) is 7.09. The van der Waals surface area contributed by atoms with Gasteiger partial charge in [0.05, 0.1) is 25.0 Å². The maximum atomic E-state index is 14.2. The van der Waals surface area contributed by atoms with Crippen molar-refractivity contribution in [1.82, 2.24) is 25.2 Å². The van der Waals surface area contributed by atoms with Crippen molar-refractivity contribution in [2.45, 2.75) is 31.2 Å². The summed E-state index contributed by atoms with van der Waals surface area (Å²) in [6, 6.07) is 6.67. The summed E-state index contributed by atoms with van der Waals surface area (Å²) in [5, 5.41) is 14.3. The van der Waals surface area contributed by atoms with Gasteiger partial charge in [0.1, 0.15) is 6.04 Å². The number of carbonyl (C=O) groups excluding carboxylic acids is 3. The summed E-state index contributed by atoms with van der Waals surface area (Å²) < 4.78 is 32.8. The number of benzene rings is 1. The summed E-state index contributed by atoms with van der Waals surface area (Å²) in [7, 11) is 1.11. The number of amides is 3. The number of aliphatic hydroxyl groups excluding tert-OH is 1. The van der Waals surface area contributed by atoms with E-state index in [4.69, 9.17) is 4.74 Å². The summed E-state index contributed by atoms with van der Waals surface area (Å²) in [6.07, 6.45) is 4.66. The Balaban J connectivity index is 1.50. The van der Waals surface area contributed by atoms with E-state index in [1.807, 2.05) is 18.2 Å². The molecule has 1 aromatic heterocycles. The van der Waals surface area contributed by atoms with Gasteiger partial charge in [-0.1, -0.05) is 12.1 Å². The minimum absolute atomic E-state index is 0.0264. The Bertz CT molecular complexity index is 1220. The molecule has 2 N–H and O–H groups in total. The minimum atomic E-state index is -1.34. The zero-order chi connectivity index (χ0) is 27.9. The molecule has 1 unspecified atom stereocenters. The number of esters is 1. The van der Waals surface area contributed by atoms with Crippen molar-refractivity contribution in [2.24, 2.45) is 0 Å². The Morgan fingerprint density at radius 1 is 1.23 bits per heavy atom. The molecule has 2 aliphatic heterocycles. The molecular weight excluding hydrogens is 512 g/mol. The van der Waals surface area contributed by atoms with Gasteiger partial charge in [0.2, 0.25) is 6.41 Å². The number of methoxy groups -OCH3 is 1. The number of hydrazine groups is 1. The van der Waals surface area contributed by atoms with Crippen molar-refractivity contribution in [1.29, 1.82) is 0 Å². The van der Waals surface area contributed by atoms with Crippen LogP contribution in [0.25, 0.3) is 0 Å². The van der Waals surface area contributed by atoms with Crippen LogP contribution in [0.3, 0.4) is 0 Å². The Morgan fingerprint density at radius 2 is 2.00 bits per heavy atom. The first-order valence-corrected chi connectivity index (χ1v) is 12.7. The number of hydrogen-bond acceptors (Lipinski definition) is 7. The largest absolute Gasteiger partial charge is 0.466 e. The van der Waals surface area contributed by atoms with Gasteiger partial charge < -0.3 is 20.1 Å². The number of nitrogens with one attached hydrogen (secondary N) is 1. The van der Waals surface area contributed by atoms with E-state index in [9.17, 15) is 28.3 Å². The van der Waals surface area contributed by atoms with Gasteiger partial charge in [-0.25, -0.2) is 23.4 Å². The van der Waals surface area contributed by atoms with E-state index in [1.54, 1.807) is 6.20 Å². The fraction of sp³-hybridized carbons (Fsp3) is 0.407. The van der Waals surface area contributed by atoms with Crippen molar-refractivity contribution in [3.63, 3.8) is 0 Å². The number of urea groups is 1. The number of likely N-dealkylation sites (tertiary alicyclic amines) is 1. The van der Waals surface area contributed by atoms with Crippen LogP contribution in [0.2, 0.25) is 0 Å². The molecule has 0 aliphatic carbocycles. The number of piperidine rings is 1. The third kappa shape index (κ3) is 6.23. The molecule has 0 bridgehead atoms. The molecule has 39 heavy (non-hydrogen) atoms. The lowest BCUT2D eigenvalue weighted by atomic mass is 9.93. The molecular formula is C27H31F2N5O5. The van der Waals surface area contributed by atoms with E-state index >= 15 is 0 Å². The lowest BCUT2D eigenvalue weighted by Gasteiger charge is -2.42. The average molecular weight is 544 g/mol. The first kappa shape index (κ1) is 28.1. The average Bonchev–Trinajstić information content (AvgIpc) is 2.97. The maximum Gasteiger partial charge on any atom is 0.341 e. The summed E-state index contributed by atoms with van der Waals surface area (Å²) in [5.74, 6) is -2.82. The Morgan fingerprint density at radius 3 is 2.62 bits per heavy atom. The standard InChI is InChI=1S/C27H31F2N5O5/c1-39-26(37)24-23(16-35)31-27(38)34(25(24)19-6-7-20(28)21(29)15-19)33(17-36)12-4-11-32-13-8-18(9-14-32)22-5-2-3-10-30-22/h2-3,5-7,10,15,17-18,25,35H,4,8-9,11-14,16H2,1H3,(H,31,38). The molecule has 0 radical (unpaired) electrons. The highest BCUT2D eigenvalue weighted by Gasteiger charge is 2.42. The molecule has 1 fully saturated rings. The van der Waals surface area contributed by atoms with Crippen molar-refractivity contribution in [3.8, 4) is 0 Å². The number of carbonyl (C=O) groups is 3. The number of aliphatic hydroxyl groups is 1. The van der Waals surface area contributed by atoms with Gasteiger partial charge in [-0.3, -0.25) is 14.8 Å². The smallest absolute Gasteiger partial charge is 0.341 e. The summed E-state index contributed by atoms with van der Waals surface area (Å²) in [5.41, 5.74) is 0.757. The molecule has 0 spiro atoms. The molecule has 2 aliphatic rings. The van der Waals surface area contributed by atoms with Crippen LogP contribution in [0.1, 0.15) is 42.5 Å². The first-order valence-electron chi connectivity index (χ1n) is 12.7. The second-order valence-electron chi connectivity index (χ2n) is 9.39. The molecule has 10 nitrogen and oxygen atoms in total. The molecule has 3 heterocycles. The molecule has 1 atom stereocenters. The zero-order valence-corrected chi connectivity index (χ0v) is 21.6. The lowest BCUT2D eigenvalue weighted by Crippen LogP contribution is -2.57. The van der Waals surface area contributed by atoms with E-state index in [0.29, 0.717) is 25.3 Å². The number of rotatable bonds is 10. The Hall–Kier alpha value is -3.90. The van der Waals surface area contributed by atoms with Crippen LogP contribution in [0.5, 0.6) is 0 Å². The summed E-state index contributed by atoms with van der Waals surface area (Å²) in [4.78, 5) is 44.8. The van der Waals surface area contributed by atoms with Crippen molar-refractivity contribution < 1.29 is 33.0 Å². The quantitative estimate of drug-likeness (QED) is 0.350. The van der Waals surface area contributed by atoms with Crippen LogP contribution < -0.4 is 5.32 Å². The molecule has 1 aromatic carbocycles. The van der Waals surface area contributed by atoms with E-state index < -0.39 is 36.3 Å². The van der Waals surface area contributed by atoms with Gasteiger partial charge in [0, 0.05) is 24.4 Å². The number of halogens is 2. The molecule has 4 rings (SSSR count). The Labute approximate surface area is 224 Å². The number of nitrogens with zero attached hydrogens (tertiary/aromatic N) is 4. The van der Waals surface area contributed by atoms with E-state index in [2.05, 4.69) is 15.2 Å². The molecule has 12 heteroatoms. The van der Waals surface area contributed by atoms with E-state index in [0.717, 1.165) is 60.9 Å². The highest BCUT2D eigenvalue weighted by molar-refractivity contribution is 5.95. The monoisotopic (exact) mass is 543 g/mol. The molecule has 208 valence electrons. The van der Waals surface area contributed by atoms with Crippen LogP contribution in [-0.2, 0) is 14.3 Å². The minimum Gasteiger partial charge on any atom is -0.466 e. The zero-order valence-electron chi connectivity index (χ0n) is 21.6. The van der Waals surface area contributed by atoms with Crippen molar-refractivity contribution >= 4 is 18.4 Å². The predicted molar refractivity (Wildman–Crippen MR) is 136 cm³/mol. The highest BCUT2D eigenvalue weighted by Crippen LogP contribution is 2.36. The second kappa shape index (κ2) is 12.8. The molecule has 2 aromatic rings. The van der Waals surface area contributed by atoms with Gasteiger partial charge in [-0.15, -0.1) is 0 Å². The molecule has 0 saturated carbocycles. The van der Waals surface area contributed by atoms with Crippen molar-refractivity contribution in [3.05, 3.63) is 76.8 Å². The third-order valence-electron chi connectivity index (χ3n) is 7.09. The number of aromatic nitrogens is 1. The van der Waals surface area contributed by atoms with E-state index in [-0.39, 0.29) is 23.4 Å². The predicted octanol–water partition coefficient (Wildman–Crippen LogP) is 2.49. The number of ether oxygens (including phenoxy) is 1. The van der Waals surface area contributed by atoms with Gasteiger partial charge in [-0.05, 0) is 68.7 Å². The molecule has 1 saturated heterocycles. The van der Waals surface area contributed by atoms with Gasteiger partial charge >= 0.3 is 12.0 Å². The highest BCUT2D eigenvalue weighted by atomic mass is 19.2. The Kier molecular flexibility index (Phi) is 9.20. The number of hydrogen-bond donors (Lipinski definition) is 2. The van der Waals surface area contributed by atoms with Crippen LogP contribution in [-0.4, -0.2) is 83.3 Å². The topological polar surface area (TPSA) is 115 Å². The van der Waals surface area contributed by atoms with Gasteiger partial charge in [-0.2, -0.15) is 0 Å². The normalized spacial score (nSPS) is 18.6. The maximum absolute atomic E-state index is 14.2. The number of pyridine rings is 1. The van der Waals surface area contributed by atoms with Crippen LogP contribution in [0.15, 0.2) is 53.9 Å². The first-order chi connectivity index (χ1) is 18.9. The van der Waals surface area contributed by atoms with Gasteiger partial charge in [0.15, 0.2) is 11.6 Å². The van der Waals surface area contributed by atoms with Crippen molar-refractivity contribution in [2.75, 3.05) is 39.9 Å². The summed E-state index contributed by atoms with van der Waals surface area (Å²) in [6.45, 7) is 1.77. The lowest BCUT2D eigenvalue weighted by molar-refractivity contribution is -0.141.